The van der Waals surface area contributed by atoms with Gasteiger partial charge < -0.3 is 4.74 Å². The molecule has 0 aliphatic heterocycles. The monoisotopic (exact) mass is 208 g/mol. The summed E-state index contributed by atoms with van der Waals surface area (Å²) < 4.78 is 5.43. The molecule has 0 bridgehead atoms. The van der Waals surface area contributed by atoms with Crippen molar-refractivity contribution in [3.63, 3.8) is 0 Å². The van der Waals surface area contributed by atoms with Crippen molar-refractivity contribution in [3.05, 3.63) is 35.4 Å². The van der Waals surface area contributed by atoms with E-state index in [1.54, 1.807) is 7.11 Å². The predicted octanol–water partition coefficient (Wildman–Crippen LogP) is 1.89. The molecule has 0 fully saturated rings. The van der Waals surface area contributed by atoms with Gasteiger partial charge in [-0.3, -0.25) is 0 Å². The molecule has 14 heavy (non-hydrogen) atoms. The summed E-state index contributed by atoms with van der Waals surface area (Å²) in [6, 6.07) is 10.1. The number of rotatable bonds is 4. The van der Waals surface area contributed by atoms with Gasteiger partial charge in [-0.05, 0) is 31.4 Å². The van der Waals surface area contributed by atoms with Crippen LogP contribution in [-0.2, 0) is 16.8 Å². The zero-order valence-electron chi connectivity index (χ0n) is 9.63. The molecule has 0 spiro atoms. The summed E-state index contributed by atoms with van der Waals surface area (Å²) in [5, 5.41) is 0. The van der Waals surface area contributed by atoms with Gasteiger partial charge in [0, 0.05) is 17.4 Å². The van der Waals surface area contributed by atoms with E-state index in [-0.39, 0.29) is 5.60 Å². The standard InChI is InChI=1S/C12H20OSi/c1-12(2,13-3)11-6-4-10(5-7-11)8-9-14/h4-7H,8-9H2,1-3,14H3. The molecule has 0 saturated carbocycles. The highest BCUT2D eigenvalue weighted by Gasteiger charge is 2.18. The lowest BCUT2D eigenvalue weighted by molar-refractivity contribution is 0.0192. The van der Waals surface area contributed by atoms with E-state index >= 15 is 0 Å². The summed E-state index contributed by atoms with van der Waals surface area (Å²) in [7, 11) is 3.04. The Kier molecular flexibility index (Phi) is 3.90. The van der Waals surface area contributed by atoms with Gasteiger partial charge in [0.15, 0.2) is 0 Å². The molecule has 0 aromatic heterocycles. The summed E-state index contributed by atoms with van der Waals surface area (Å²) >= 11 is 0. The molecule has 1 nitrogen and oxygen atoms in total. The molecule has 1 aromatic carbocycles. The van der Waals surface area contributed by atoms with Crippen LogP contribution in [0.4, 0.5) is 0 Å². The van der Waals surface area contributed by atoms with Gasteiger partial charge in [0.05, 0.1) is 5.60 Å². The Morgan fingerprint density at radius 2 is 1.79 bits per heavy atom. The maximum Gasteiger partial charge on any atom is 0.0871 e. The Morgan fingerprint density at radius 1 is 1.21 bits per heavy atom. The number of aryl methyl sites for hydroxylation is 1. The van der Waals surface area contributed by atoms with Crippen LogP contribution in [0, 0.1) is 0 Å². The van der Waals surface area contributed by atoms with E-state index < -0.39 is 0 Å². The SMILES string of the molecule is COC(C)(C)c1ccc(CC[SiH3])cc1. The van der Waals surface area contributed by atoms with Crippen LogP contribution < -0.4 is 0 Å². The van der Waals surface area contributed by atoms with Crippen LogP contribution >= 0.6 is 0 Å². The Morgan fingerprint density at radius 3 is 2.21 bits per heavy atom. The maximum absolute atomic E-state index is 5.43. The number of methoxy groups -OCH3 is 1. The van der Waals surface area contributed by atoms with Crippen LogP contribution in [0.25, 0.3) is 0 Å². The zero-order chi connectivity index (χ0) is 10.6. The number of benzene rings is 1. The van der Waals surface area contributed by atoms with Crippen LogP contribution in [-0.4, -0.2) is 17.4 Å². The highest BCUT2D eigenvalue weighted by molar-refractivity contribution is 6.08. The van der Waals surface area contributed by atoms with Crippen molar-refractivity contribution in [1.82, 2.24) is 0 Å². The highest BCUT2D eigenvalue weighted by Crippen LogP contribution is 2.23. The van der Waals surface area contributed by atoms with Gasteiger partial charge in [0.25, 0.3) is 0 Å². The number of ether oxygens (including phenoxy) is 1. The van der Waals surface area contributed by atoms with Gasteiger partial charge in [-0.25, -0.2) is 0 Å². The first-order chi connectivity index (χ1) is 6.60. The van der Waals surface area contributed by atoms with Gasteiger partial charge in [0.2, 0.25) is 0 Å². The van der Waals surface area contributed by atoms with Crippen molar-refractivity contribution >= 4 is 10.2 Å². The minimum Gasteiger partial charge on any atom is -0.374 e. The second kappa shape index (κ2) is 4.76. The van der Waals surface area contributed by atoms with E-state index in [9.17, 15) is 0 Å². The van der Waals surface area contributed by atoms with Crippen molar-refractivity contribution < 1.29 is 4.74 Å². The van der Waals surface area contributed by atoms with Crippen LogP contribution in [0.2, 0.25) is 6.04 Å². The molecule has 0 saturated heterocycles. The first-order valence-electron chi connectivity index (χ1n) is 5.24. The molecule has 0 aliphatic rings. The highest BCUT2D eigenvalue weighted by atomic mass is 28.1. The summed E-state index contributed by atoms with van der Waals surface area (Å²) in [5.41, 5.74) is 2.52. The Balaban J connectivity index is 2.82. The molecule has 0 N–H and O–H groups in total. The zero-order valence-corrected chi connectivity index (χ0v) is 11.6. The van der Waals surface area contributed by atoms with Gasteiger partial charge in [0.1, 0.15) is 0 Å². The van der Waals surface area contributed by atoms with E-state index in [0.717, 1.165) is 0 Å². The quantitative estimate of drug-likeness (QED) is 0.687. The second-order valence-electron chi connectivity index (χ2n) is 4.16. The molecule has 1 aromatic rings. The third-order valence-electron chi connectivity index (χ3n) is 2.70. The fourth-order valence-corrected chi connectivity index (χ4v) is 2.06. The molecule has 0 heterocycles. The molecule has 0 aliphatic carbocycles. The Labute approximate surface area is 89.9 Å². The van der Waals surface area contributed by atoms with E-state index in [4.69, 9.17) is 4.74 Å². The van der Waals surface area contributed by atoms with Crippen molar-refractivity contribution in [2.45, 2.75) is 31.9 Å². The Bertz CT molecular complexity index is 277. The molecular formula is C12H20OSi. The van der Waals surface area contributed by atoms with Crippen molar-refractivity contribution in [3.8, 4) is 0 Å². The smallest absolute Gasteiger partial charge is 0.0871 e. The van der Waals surface area contributed by atoms with E-state index in [1.807, 2.05) is 0 Å². The third kappa shape index (κ3) is 2.69. The third-order valence-corrected chi connectivity index (χ3v) is 3.20. The first kappa shape index (κ1) is 11.5. The van der Waals surface area contributed by atoms with Gasteiger partial charge >= 0.3 is 0 Å². The topological polar surface area (TPSA) is 9.23 Å². The molecule has 0 radical (unpaired) electrons. The van der Waals surface area contributed by atoms with Crippen molar-refractivity contribution in [2.75, 3.05) is 7.11 Å². The molecule has 0 unspecified atom stereocenters. The van der Waals surface area contributed by atoms with Crippen molar-refractivity contribution in [1.29, 1.82) is 0 Å². The summed E-state index contributed by atoms with van der Waals surface area (Å²) in [4.78, 5) is 0. The van der Waals surface area contributed by atoms with Crippen molar-refractivity contribution in [2.24, 2.45) is 0 Å². The van der Waals surface area contributed by atoms with E-state index in [1.165, 1.54) is 33.8 Å². The average molecular weight is 208 g/mol. The lowest BCUT2D eigenvalue weighted by Gasteiger charge is -2.23. The Hall–Kier alpha value is -0.603. The minimum atomic E-state index is -0.167. The second-order valence-corrected chi connectivity index (χ2v) is 5.16. The average Bonchev–Trinajstić information content (AvgIpc) is 2.19. The first-order valence-corrected chi connectivity index (χ1v) is 6.66. The fourth-order valence-electron chi connectivity index (χ4n) is 1.48. The van der Waals surface area contributed by atoms with Gasteiger partial charge in [-0.1, -0.05) is 30.3 Å². The van der Waals surface area contributed by atoms with Crippen LogP contribution in [0.1, 0.15) is 25.0 Å². The fraction of sp³-hybridized carbons (Fsp3) is 0.500. The maximum atomic E-state index is 5.43. The van der Waals surface area contributed by atoms with Crippen LogP contribution in [0.15, 0.2) is 24.3 Å². The summed E-state index contributed by atoms with van der Waals surface area (Å²) in [6.07, 6.45) is 1.22. The molecular weight excluding hydrogens is 188 g/mol. The number of hydrogen-bond donors (Lipinski definition) is 0. The lowest BCUT2D eigenvalue weighted by atomic mass is 9.96. The van der Waals surface area contributed by atoms with Gasteiger partial charge in [-0.2, -0.15) is 0 Å². The minimum absolute atomic E-state index is 0.167. The van der Waals surface area contributed by atoms with Crippen LogP contribution in [0.5, 0.6) is 0 Å². The lowest BCUT2D eigenvalue weighted by Crippen LogP contribution is -2.19. The van der Waals surface area contributed by atoms with Gasteiger partial charge in [-0.15, -0.1) is 0 Å². The van der Waals surface area contributed by atoms with E-state index in [0.29, 0.717) is 0 Å². The normalized spacial score (nSPS) is 11.9. The van der Waals surface area contributed by atoms with E-state index in [2.05, 4.69) is 38.1 Å². The number of hydrogen-bond acceptors (Lipinski definition) is 1. The largest absolute Gasteiger partial charge is 0.374 e. The molecule has 2 heteroatoms. The molecule has 0 atom stereocenters. The molecule has 0 amide bonds. The molecule has 78 valence electrons. The van der Waals surface area contributed by atoms with Crippen LogP contribution in [0.3, 0.4) is 0 Å². The predicted molar refractivity (Wildman–Crippen MR) is 64.9 cm³/mol. The summed E-state index contributed by atoms with van der Waals surface area (Å²) in [5.74, 6) is 0. The summed E-state index contributed by atoms with van der Waals surface area (Å²) in [6.45, 7) is 4.18. The molecule has 1 rings (SSSR count).